The maximum Gasteiger partial charge on any atom is 0.201 e. The topological polar surface area (TPSA) is 125 Å². The predicted molar refractivity (Wildman–Crippen MR) is 105 cm³/mol. The first kappa shape index (κ1) is 18.1. The average Bonchev–Trinajstić information content (AvgIpc) is 3.42. The number of pyridine rings is 2. The second kappa shape index (κ2) is 6.84. The quantitative estimate of drug-likeness (QED) is 0.549. The van der Waals surface area contributed by atoms with Gasteiger partial charge in [-0.3, -0.25) is 4.98 Å². The highest BCUT2D eigenvalue weighted by Crippen LogP contribution is 2.40. The van der Waals surface area contributed by atoms with Crippen molar-refractivity contribution in [2.75, 3.05) is 18.0 Å². The van der Waals surface area contributed by atoms with E-state index in [1.165, 1.54) is 6.33 Å². The summed E-state index contributed by atoms with van der Waals surface area (Å²) in [7, 11) is 1.74. The van der Waals surface area contributed by atoms with Crippen molar-refractivity contribution in [3.63, 3.8) is 0 Å². The summed E-state index contributed by atoms with van der Waals surface area (Å²) in [5, 5.41) is 28.1. The van der Waals surface area contributed by atoms with Gasteiger partial charge in [0.1, 0.15) is 17.9 Å². The van der Waals surface area contributed by atoms with Gasteiger partial charge in [-0.1, -0.05) is 0 Å². The minimum absolute atomic E-state index is 0.235. The van der Waals surface area contributed by atoms with Crippen LogP contribution in [-0.4, -0.2) is 53.2 Å². The van der Waals surface area contributed by atoms with E-state index >= 15 is 4.39 Å². The van der Waals surface area contributed by atoms with Crippen molar-refractivity contribution in [1.82, 2.24) is 40.1 Å². The molecule has 0 amide bonds. The van der Waals surface area contributed by atoms with E-state index in [1.807, 2.05) is 11.0 Å². The Kier molecular flexibility index (Phi) is 4.13. The number of H-pyrrole nitrogens is 1. The Labute approximate surface area is 170 Å². The SMILES string of the molecule is Cn1cnnc1C1(F)CCN(c2c(C#N)ccnc2-c2cnc3n[nH]nc3c2)CC1. The highest BCUT2D eigenvalue weighted by molar-refractivity contribution is 5.83. The van der Waals surface area contributed by atoms with Gasteiger partial charge >= 0.3 is 0 Å². The van der Waals surface area contributed by atoms with Gasteiger partial charge in [0.15, 0.2) is 11.5 Å². The molecule has 0 bridgehead atoms. The Hall–Kier alpha value is -3.94. The van der Waals surface area contributed by atoms with Gasteiger partial charge in [-0.05, 0) is 12.1 Å². The van der Waals surface area contributed by atoms with Gasteiger partial charge in [0.2, 0.25) is 5.65 Å². The molecule has 1 aliphatic heterocycles. The number of nitrogens with zero attached hydrogens (tertiary/aromatic N) is 9. The van der Waals surface area contributed by atoms with Crippen molar-refractivity contribution in [3.8, 4) is 17.3 Å². The Morgan fingerprint density at radius 1 is 1.23 bits per heavy atom. The molecular formula is C19H17FN10. The number of nitriles is 1. The molecule has 4 aromatic rings. The van der Waals surface area contributed by atoms with E-state index in [1.54, 1.807) is 30.1 Å². The lowest BCUT2D eigenvalue weighted by atomic mass is 9.91. The molecule has 0 aromatic carbocycles. The zero-order valence-electron chi connectivity index (χ0n) is 16.1. The molecule has 0 unspecified atom stereocenters. The monoisotopic (exact) mass is 404 g/mol. The van der Waals surface area contributed by atoms with Gasteiger partial charge in [0, 0.05) is 50.9 Å². The van der Waals surface area contributed by atoms with Crippen LogP contribution in [0.25, 0.3) is 22.4 Å². The van der Waals surface area contributed by atoms with E-state index < -0.39 is 5.67 Å². The number of aromatic nitrogens is 8. The van der Waals surface area contributed by atoms with Crippen LogP contribution < -0.4 is 4.90 Å². The van der Waals surface area contributed by atoms with Gasteiger partial charge in [-0.25, -0.2) is 9.37 Å². The molecule has 0 spiro atoms. The number of hydrogen-bond donors (Lipinski definition) is 1. The Balaban J connectivity index is 1.52. The minimum atomic E-state index is -1.56. The van der Waals surface area contributed by atoms with Crippen LogP contribution in [0.3, 0.4) is 0 Å². The number of fused-ring (bicyclic) bond motifs is 1. The zero-order valence-corrected chi connectivity index (χ0v) is 16.1. The van der Waals surface area contributed by atoms with E-state index in [4.69, 9.17) is 0 Å². The molecule has 1 fully saturated rings. The van der Waals surface area contributed by atoms with Crippen molar-refractivity contribution in [3.05, 3.63) is 42.2 Å². The van der Waals surface area contributed by atoms with Gasteiger partial charge in [-0.15, -0.1) is 15.3 Å². The van der Waals surface area contributed by atoms with Crippen molar-refractivity contribution in [1.29, 1.82) is 5.26 Å². The Morgan fingerprint density at radius 3 is 2.80 bits per heavy atom. The molecule has 0 aliphatic carbocycles. The first-order valence-electron chi connectivity index (χ1n) is 9.43. The molecule has 5 rings (SSSR count). The highest BCUT2D eigenvalue weighted by atomic mass is 19.1. The fraction of sp³-hybridized carbons (Fsp3) is 0.316. The Bertz CT molecular complexity index is 1260. The number of halogens is 1. The predicted octanol–water partition coefficient (Wildman–Crippen LogP) is 1.88. The fourth-order valence-electron chi connectivity index (χ4n) is 3.94. The first-order valence-corrected chi connectivity index (χ1v) is 9.43. The van der Waals surface area contributed by atoms with Crippen molar-refractivity contribution < 1.29 is 4.39 Å². The molecule has 0 saturated carbocycles. The molecule has 1 aliphatic rings. The fourth-order valence-corrected chi connectivity index (χ4v) is 3.94. The van der Waals surface area contributed by atoms with E-state index in [0.717, 1.165) is 0 Å². The molecule has 0 atom stereocenters. The number of nitrogens with one attached hydrogen (secondary N) is 1. The van der Waals surface area contributed by atoms with Crippen LogP contribution >= 0.6 is 0 Å². The molecule has 30 heavy (non-hydrogen) atoms. The summed E-state index contributed by atoms with van der Waals surface area (Å²) in [6.07, 6.45) is 5.22. The number of alkyl halides is 1. The number of aromatic amines is 1. The van der Waals surface area contributed by atoms with Gasteiger partial charge in [0.05, 0.1) is 16.9 Å². The number of aryl methyl sites for hydroxylation is 1. The van der Waals surface area contributed by atoms with Crippen LogP contribution in [0.2, 0.25) is 0 Å². The maximum absolute atomic E-state index is 15.6. The van der Waals surface area contributed by atoms with E-state index in [0.29, 0.717) is 52.6 Å². The average molecular weight is 404 g/mol. The van der Waals surface area contributed by atoms with Crippen LogP contribution in [0.1, 0.15) is 24.2 Å². The molecule has 5 heterocycles. The van der Waals surface area contributed by atoms with E-state index in [2.05, 4.69) is 41.6 Å². The lowest BCUT2D eigenvalue weighted by molar-refractivity contribution is 0.109. The largest absolute Gasteiger partial charge is 0.368 e. The second-order valence-corrected chi connectivity index (χ2v) is 7.28. The normalized spacial score (nSPS) is 16.0. The summed E-state index contributed by atoms with van der Waals surface area (Å²) in [5.41, 5.74) is 2.02. The summed E-state index contributed by atoms with van der Waals surface area (Å²) >= 11 is 0. The molecule has 0 radical (unpaired) electrons. The lowest BCUT2D eigenvalue weighted by Gasteiger charge is -2.37. The van der Waals surface area contributed by atoms with E-state index in [-0.39, 0.29) is 12.8 Å². The van der Waals surface area contributed by atoms with Gasteiger partial charge in [0.25, 0.3) is 0 Å². The number of anilines is 1. The second-order valence-electron chi connectivity index (χ2n) is 7.28. The molecule has 1 N–H and O–H groups in total. The number of rotatable bonds is 3. The summed E-state index contributed by atoms with van der Waals surface area (Å²) in [6, 6.07) is 5.72. The van der Waals surface area contributed by atoms with E-state index in [9.17, 15) is 5.26 Å². The minimum Gasteiger partial charge on any atom is -0.368 e. The van der Waals surface area contributed by atoms with Gasteiger partial charge in [-0.2, -0.15) is 15.6 Å². The van der Waals surface area contributed by atoms with Crippen molar-refractivity contribution >= 4 is 16.9 Å². The van der Waals surface area contributed by atoms with Crippen LogP contribution in [0, 0.1) is 11.3 Å². The number of piperidine rings is 1. The third kappa shape index (κ3) is 2.85. The smallest absolute Gasteiger partial charge is 0.201 e. The Morgan fingerprint density at radius 2 is 2.07 bits per heavy atom. The molecule has 10 nitrogen and oxygen atoms in total. The van der Waals surface area contributed by atoms with Crippen molar-refractivity contribution in [2.45, 2.75) is 18.5 Å². The molecule has 1 saturated heterocycles. The van der Waals surface area contributed by atoms with Crippen molar-refractivity contribution in [2.24, 2.45) is 7.05 Å². The zero-order chi connectivity index (χ0) is 20.7. The van der Waals surface area contributed by atoms with Gasteiger partial charge < -0.3 is 9.47 Å². The summed E-state index contributed by atoms with van der Waals surface area (Å²) in [6.45, 7) is 0.826. The van der Waals surface area contributed by atoms with Crippen LogP contribution in [0.4, 0.5) is 10.1 Å². The molecular weight excluding hydrogens is 387 g/mol. The van der Waals surface area contributed by atoms with Crippen LogP contribution in [-0.2, 0) is 12.7 Å². The summed E-state index contributed by atoms with van der Waals surface area (Å²) in [4.78, 5) is 10.8. The summed E-state index contributed by atoms with van der Waals surface area (Å²) in [5.74, 6) is 0.328. The highest BCUT2D eigenvalue weighted by Gasteiger charge is 2.41. The molecule has 11 heteroatoms. The first-order chi connectivity index (χ1) is 14.6. The third-order valence-corrected chi connectivity index (χ3v) is 5.48. The summed E-state index contributed by atoms with van der Waals surface area (Å²) < 4.78 is 17.2. The lowest BCUT2D eigenvalue weighted by Crippen LogP contribution is -2.42. The number of hydrogen-bond acceptors (Lipinski definition) is 8. The van der Waals surface area contributed by atoms with Crippen LogP contribution in [0.5, 0.6) is 0 Å². The molecule has 150 valence electrons. The molecule has 4 aromatic heterocycles. The van der Waals surface area contributed by atoms with Crippen LogP contribution in [0.15, 0.2) is 30.9 Å². The third-order valence-electron chi connectivity index (χ3n) is 5.48. The standard InChI is InChI=1S/C19H17FN10/c1-29-11-24-27-18(29)19(20)3-6-30(7-4-19)16-12(9-21)2-5-22-15(16)13-8-14-17(23-10-13)26-28-25-14/h2,5,8,10-11H,3-4,6-7H2,1H3,(H,23,25,26,28). The maximum atomic E-state index is 15.6.